The summed E-state index contributed by atoms with van der Waals surface area (Å²) in [6, 6.07) is 1.66. The number of ether oxygens (including phenoxy) is 1. The number of amides is 1. The van der Waals surface area contributed by atoms with Gasteiger partial charge in [-0.05, 0) is 36.3 Å². The van der Waals surface area contributed by atoms with Gasteiger partial charge in [0.25, 0.3) is 0 Å². The van der Waals surface area contributed by atoms with Gasteiger partial charge in [0.15, 0.2) is 6.61 Å². The standard InChI is InChI=1S/C11H12F3NO2S/c12-11(13,14)6-17-10(16)15-8-2-1-3-9-7(8)4-5-18-9/h4-5,8H,1-3,6H2,(H,15,16). The highest BCUT2D eigenvalue weighted by Gasteiger charge is 2.30. The number of hydrogen-bond donors (Lipinski definition) is 1. The highest BCUT2D eigenvalue weighted by Crippen LogP contribution is 2.33. The van der Waals surface area contributed by atoms with Crippen molar-refractivity contribution in [3.05, 3.63) is 21.9 Å². The number of alkyl halides is 3. The molecule has 0 fully saturated rings. The molecule has 7 heteroatoms. The summed E-state index contributed by atoms with van der Waals surface area (Å²) >= 11 is 1.60. The SMILES string of the molecule is O=C(NC1CCCc2sccc21)OCC(F)(F)F. The Bertz CT molecular complexity index is 430. The summed E-state index contributed by atoms with van der Waals surface area (Å²) in [7, 11) is 0. The first kappa shape index (κ1) is 13.2. The molecule has 0 aliphatic heterocycles. The van der Waals surface area contributed by atoms with E-state index in [9.17, 15) is 18.0 Å². The van der Waals surface area contributed by atoms with Gasteiger partial charge >= 0.3 is 12.3 Å². The fourth-order valence-electron chi connectivity index (χ4n) is 1.97. The molecule has 3 nitrogen and oxygen atoms in total. The van der Waals surface area contributed by atoms with E-state index in [1.807, 2.05) is 11.4 Å². The van der Waals surface area contributed by atoms with Gasteiger partial charge in [0.1, 0.15) is 0 Å². The molecule has 1 unspecified atom stereocenters. The molecule has 1 aliphatic carbocycles. The largest absolute Gasteiger partial charge is 0.440 e. The Morgan fingerprint density at radius 2 is 2.33 bits per heavy atom. The lowest BCUT2D eigenvalue weighted by Gasteiger charge is -2.23. The predicted molar refractivity (Wildman–Crippen MR) is 60.5 cm³/mol. The summed E-state index contributed by atoms with van der Waals surface area (Å²) in [5, 5.41) is 4.40. The zero-order valence-electron chi connectivity index (χ0n) is 9.42. The van der Waals surface area contributed by atoms with Crippen molar-refractivity contribution in [1.29, 1.82) is 0 Å². The highest BCUT2D eigenvalue weighted by molar-refractivity contribution is 7.10. The summed E-state index contributed by atoms with van der Waals surface area (Å²) in [6.07, 6.45) is -2.90. The predicted octanol–water partition coefficient (Wildman–Crippen LogP) is 3.41. The van der Waals surface area contributed by atoms with Crippen molar-refractivity contribution >= 4 is 17.4 Å². The molecular weight excluding hydrogens is 267 g/mol. The van der Waals surface area contributed by atoms with Crippen LogP contribution in [0.2, 0.25) is 0 Å². The van der Waals surface area contributed by atoms with E-state index in [1.54, 1.807) is 11.3 Å². The smallest absolute Gasteiger partial charge is 0.422 e. The second kappa shape index (κ2) is 5.17. The summed E-state index contributed by atoms with van der Waals surface area (Å²) in [5.74, 6) is 0. The van der Waals surface area contributed by atoms with Gasteiger partial charge in [0, 0.05) is 4.88 Å². The molecule has 0 aromatic carbocycles. The van der Waals surface area contributed by atoms with Crippen LogP contribution >= 0.6 is 11.3 Å². The van der Waals surface area contributed by atoms with Gasteiger partial charge in [0.2, 0.25) is 0 Å². The van der Waals surface area contributed by atoms with Crippen molar-refractivity contribution in [3.8, 4) is 0 Å². The minimum absolute atomic E-state index is 0.235. The van der Waals surface area contributed by atoms with Gasteiger partial charge in [-0.1, -0.05) is 0 Å². The molecule has 0 spiro atoms. The van der Waals surface area contributed by atoms with Gasteiger partial charge in [-0.3, -0.25) is 0 Å². The van der Waals surface area contributed by atoms with Crippen LogP contribution in [0.25, 0.3) is 0 Å². The van der Waals surface area contributed by atoms with E-state index in [-0.39, 0.29) is 6.04 Å². The lowest BCUT2D eigenvalue weighted by molar-refractivity contribution is -0.160. The fourth-order valence-corrected chi connectivity index (χ4v) is 2.96. The molecule has 1 heterocycles. The van der Waals surface area contributed by atoms with E-state index in [4.69, 9.17) is 0 Å². The first-order valence-electron chi connectivity index (χ1n) is 5.52. The van der Waals surface area contributed by atoms with Crippen LogP contribution in [-0.2, 0) is 11.2 Å². The molecule has 0 saturated carbocycles. The van der Waals surface area contributed by atoms with Gasteiger partial charge in [-0.15, -0.1) is 11.3 Å². The molecule has 1 amide bonds. The molecule has 2 rings (SSSR count). The monoisotopic (exact) mass is 279 g/mol. The zero-order valence-corrected chi connectivity index (χ0v) is 10.2. The Kier molecular flexibility index (Phi) is 3.79. The molecule has 1 N–H and O–H groups in total. The van der Waals surface area contributed by atoms with Crippen molar-refractivity contribution < 1.29 is 22.7 Å². The minimum atomic E-state index is -4.49. The number of thiophene rings is 1. The van der Waals surface area contributed by atoms with Crippen molar-refractivity contribution in [2.45, 2.75) is 31.5 Å². The second-order valence-corrected chi connectivity index (χ2v) is 5.08. The summed E-state index contributed by atoms with van der Waals surface area (Å²) in [4.78, 5) is 12.4. The molecule has 0 radical (unpaired) electrons. The number of halogens is 3. The van der Waals surface area contributed by atoms with E-state index in [0.717, 1.165) is 24.8 Å². The van der Waals surface area contributed by atoms with Crippen LogP contribution < -0.4 is 5.32 Å². The number of carbonyl (C=O) groups is 1. The number of nitrogens with one attached hydrogen (secondary N) is 1. The maximum atomic E-state index is 11.9. The molecular formula is C11H12F3NO2S. The second-order valence-electron chi connectivity index (χ2n) is 4.08. The Morgan fingerprint density at radius 3 is 3.06 bits per heavy atom. The van der Waals surface area contributed by atoms with Crippen molar-refractivity contribution in [1.82, 2.24) is 5.32 Å². The number of hydrogen-bond acceptors (Lipinski definition) is 3. The summed E-state index contributed by atoms with van der Waals surface area (Å²) in [6.45, 7) is -1.55. The molecule has 0 bridgehead atoms. The molecule has 1 aromatic heterocycles. The van der Waals surface area contributed by atoms with E-state index in [2.05, 4.69) is 10.1 Å². The van der Waals surface area contributed by atoms with Crippen LogP contribution in [0, 0.1) is 0 Å². The number of fused-ring (bicyclic) bond motifs is 1. The molecule has 1 aromatic rings. The number of alkyl carbamates (subject to hydrolysis) is 1. The lowest BCUT2D eigenvalue weighted by Crippen LogP contribution is -2.33. The van der Waals surface area contributed by atoms with Crippen LogP contribution in [0.15, 0.2) is 11.4 Å². The van der Waals surface area contributed by atoms with Crippen molar-refractivity contribution in [2.75, 3.05) is 6.61 Å². The summed E-state index contributed by atoms with van der Waals surface area (Å²) < 4.78 is 39.8. The minimum Gasteiger partial charge on any atom is -0.440 e. The van der Waals surface area contributed by atoms with Crippen LogP contribution in [0.5, 0.6) is 0 Å². The maximum Gasteiger partial charge on any atom is 0.422 e. The van der Waals surface area contributed by atoms with Crippen molar-refractivity contribution in [2.24, 2.45) is 0 Å². The first-order valence-corrected chi connectivity index (χ1v) is 6.40. The van der Waals surface area contributed by atoms with Gasteiger partial charge in [0.05, 0.1) is 6.04 Å². The van der Waals surface area contributed by atoms with Gasteiger partial charge in [-0.2, -0.15) is 13.2 Å². The Morgan fingerprint density at radius 1 is 1.56 bits per heavy atom. The van der Waals surface area contributed by atoms with E-state index < -0.39 is 18.9 Å². The van der Waals surface area contributed by atoms with Gasteiger partial charge in [-0.25, -0.2) is 4.79 Å². The average molecular weight is 279 g/mol. The summed E-state index contributed by atoms with van der Waals surface area (Å²) in [5.41, 5.74) is 0.996. The fraction of sp³-hybridized carbons (Fsp3) is 0.545. The molecule has 100 valence electrons. The normalized spacial score (nSPS) is 19.2. The number of carbonyl (C=O) groups excluding carboxylic acids is 1. The molecule has 0 saturated heterocycles. The Hall–Kier alpha value is -1.24. The molecule has 1 atom stereocenters. The quantitative estimate of drug-likeness (QED) is 0.901. The highest BCUT2D eigenvalue weighted by atomic mass is 32.1. The first-order chi connectivity index (χ1) is 8.46. The third kappa shape index (κ3) is 3.38. The van der Waals surface area contributed by atoms with E-state index in [0.29, 0.717) is 0 Å². The van der Waals surface area contributed by atoms with Crippen LogP contribution in [0.1, 0.15) is 29.3 Å². The van der Waals surface area contributed by atoms with Crippen LogP contribution in [-0.4, -0.2) is 18.9 Å². The Balaban J connectivity index is 1.90. The number of aryl methyl sites for hydroxylation is 1. The zero-order chi connectivity index (χ0) is 13.2. The van der Waals surface area contributed by atoms with E-state index >= 15 is 0 Å². The third-order valence-electron chi connectivity index (χ3n) is 2.71. The van der Waals surface area contributed by atoms with Crippen molar-refractivity contribution in [3.63, 3.8) is 0 Å². The topological polar surface area (TPSA) is 38.3 Å². The maximum absolute atomic E-state index is 11.9. The van der Waals surface area contributed by atoms with Crippen LogP contribution in [0.3, 0.4) is 0 Å². The molecule has 18 heavy (non-hydrogen) atoms. The third-order valence-corrected chi connectivity index (χ3v) is 3.71. The van der Waals surface area contributed by atoms with Crippen LogP contribution in [0.4, 0.5) is 18.0 Å². The number of rotatable bonds is 2. The lowest BCUT2D eigenvalue weighted by atomic mass is 9.94. The Labute approximate surface area is 106 Å². The van der Waals surface area contributed by atoms with Gasteiger partial charge < -0.3 is 10.1 Å². The average Bonchev–Trinajstić information content (AvgIpc) is 2.74. The van der Waals surface area contributed by atoms with E-state index in [1.165, 1.54) is 4.88 Å². The molecule has 1 aliphatic rings.